The van der Waals surface area contributed by atoms with Gasteiger partial charge in [-0.2, -0.15) is 4.98 Å². The molecule has 0 spiro atoms. The maximum absolute atomic E-state index is 5.48. The first-order valence-electron chi connectivity index (χ1n) is 7.06. The van der Waals surface area contributed by atoms with Gasteiger partial charge in [0, 0.05) is 19.6 Å². The van der Waals surface area contributed by atoms with Crippen molar-refractivity contribution in [3.63, 3.8) is 0 Å². The van der Waals surface area contributed by atoms with Crippen molar-refractivity contribution in [1.29, 1.82) is 0 Å². The van der Waals surface area contributed by atoms with Crippen LogP contribution in [0, 0.1) is 0 Å². The Labute approximate surface area is 116 Å². The van der Waals surface area contributed by atoms with Gasteiger partial charge in [-0.05, 0) is 18.0 Å². The van der Waals surface area contributed by atoms with Crippen molar-refractivity contribution >= 4 is 5.95 Å². The summed E-state index contributed by atoms with van der Waals surface area (Å²) >= 11 is 0. The molecule has 0 aromatic carbocycles. The van der Waals surface area contributed by atoms with Gasteiger partial charge in [-0.15, -0.1) is 5.10 Å². The van der Waals surface area contributed by atoms with Gasteiger partial charge >= 0.3 is 0 Å². The second-order valence-corrected chi connectivity index (χ2v) is 4.96. The summed E-state index contributed by atoms with van der Waals surface area (Å²) in [6.45, 7) is 3.11. The lowest BCUT2D eigenvalue weighted by molar-refractivity contribution is 0.428. The highest BCUT2D eigenvalue weighted by molar-refractivity contribution is 5.46. The molecule has 0 saturated carbocycles. The van der Waals surface area contributed by atoms with E-state index in [4.69, 9.17) is 10.3 Å². The van der Waals surface area contributed by atoms with Crippen LogP contribution in [-0.4, -0.2) is 44.8 Å². The van der Waals surface area contributed by atoms with Gasteiger partial charge in [0.1, 0.15) is 0 Å². The highest BCUT2D eigenvalue weighted by atomic mass is 16.5. The van der Waals surface area contributed by atoms with Gasteiger partial charge in [-0.1, -0.05) is 18.1 Å². The molecule has 1 saturated heterocycles. The maximum atomic E-state index is 5.48. The molecule has 1 fully saturated rings. The van der Waals surface area contributed by atoms with E-state index in [9.17, 15) is 0 Å². The normalized spacial score (nSPS) is 16.4. The summed E-state index contributed by atoms with van der Waals surface area (Å²) in [5.41, 5.74) is 6.07. The second-order valence-electron chi connectivity index (χ2n) is 4.96. The van der Waals surface area contributed by atoms with Crippen molar-refractivity contribution in [1.82, 2.24) is 25.1 Å². The molecule has 2 aromatic heterocycles. The van der Waals surface area contributed by atoms with Crippen molar-refractivity contribution in [2.75, 3.05) is 24.5 Å². The summed E-state index contributed by atoms with van der Waals surface area (Å²) in [7, 11) is 0. The van der Waals surface area contributed by atoms with Crippen molar-refractivity contribution in [3.8, 4) is 11.6 Å². The lowest BCUT2D eigenvalue weighted by Crippen LogP contribution is -2.24. The molecule has 0 unspecified atom stereocenters. The summed E-state index contributed by atoms with van der Waals surface area (Å²) < 4.78 is 6.96. The molecule has 108 valence electrons. The van der Waals surface area contributed by atoms with Crippen LogP contribution in [0.3, 0.4) is 0 Å². The minimum atomic E-state index is 0.410. The highest BCUT2D eigenvalue weighted by Crippen LogP contribution is 2.20. The third kappa shape index (κ3) is 2.79. The van der Waals surface area contributed by atoms with Gasteiger partial charge < -0.3 is 15.2 Å². The van der Waals surface area contributed by atoms with E-state index < -0.39 is 0 Å². The van der Waals surface area contributed by atoms with Crippen LogP contribution >= 0.6 is 0 Å². The lowest BCUT2D eigenvalue weighted by atomic mass is 10.2. The third-order valence-corrected chi connectivity index (χ3v) is 3.42. The number of nitrogens with zero attached hydrogens (tertiary/aromatic N) is 6. The van der Waals surface area contributed by atoms with E-state index in [1.807, 2.05) is 0 Å². The van der Waals surface area contributed by atoms with Crippen LogP contribution in [0.5, 0.6) is 0 Å². The van der Waals surface area contributed by atoms with Crippen LogP contribution in [-0.2, 0) is 6.54 Å². The molecule has 1 aliphatic heterocycles. The summed E-state index contributed by atoms with van der Waals surface area (Å²) in [6, 6.07) is 0. The van der Waals surface area contributed by atoms with Crippen molar-refractivity contribution in [2.24, 2.45) is 5.73 Å². The van der Waals surface area contributed by atoms with E-state index in [0.29, 0.717) is 30.6 Å². The van der Waals surface area contributed by atoms with E-state index in [1.54, 1.807) is 10.9 Å². The summed E-state index contributed by atoms with van der Waals surface area (Å²) in [5, 5.41) is 12.0. The largest absolute Gasteiger partial charge is 0.338 e. The zero-order chi connectivity index (χ0) is 13.8. The van der Waals surface area contributed by atoms with Crippen molar-refractivity contribution < 1.29 is 4.52 Å². The monoisotopic (exact) mass is 277 g/mol. The number of nitrogens with two attached hydrogens (primary N) is 1. The zero-order valence-corrected chi connectivity index (χ0v) is 11.4. The standard InChI is InChI=1S/C12H19N7O/c13-5-8-19-9-10(15-17-19)11-14-12(16-20-11)18-6-3-1-2-4-7-18/h9H,1-8,13H2. The van der Waals surface area contributed by atoms with Gasteiger partial charge in [0.15, 0.2) is 5.69 Å². The predicted octanol–water partition coefficient (Wildman–Crippen LogP) is 0.667. The van der Waals surface area contributed by atoms with E-state index in [1.165, 1.54) is 25.7 Å². The first-order chi connectivity index (χ1) is 9.86. The van der Waals surface area contributed by atoms with Gasteiger partial charge in [-0.3, -0.25) is 4.68 Å². The molecule has 0 aliphatic carbocycles. The Kier molecular flexibility index (Phi) is 3.91. The van der Waals surface area contributed by atoms with E-state index in [-0.39, 0.29) is 0 Å². The molecule has 8 heteroatoms. The molecule has 3 rings (SSSR count). The molecule has 2 aromatic rings. The molecule has 0 amide bonds. The molecule has 8 nitrogen and oxygen atoms in total. The fraction of sp³-hybridized carbons (Fsp3) is 0.667. The Bertz CT molecular complexity index is 542. The minimum absolute atomic E-state index is 0.410. The van der Waals surface area contributed by atoms with Gasteiger partial charge in [-0.25, -0.2) is 0 Å². The molecule has 1 aliphatic rings. The van der Waals surface area contributed by atoms with E-state index in [2.05, 4.69) is 25.4 Å². The first-order valence-corrected chi connectivity index (χ1v) is 7.06. The van der Waals surface area contributed by atoms with Crippen LogP contribution in [0.4, 0.5) is 5.95 Å². The molecule has 2 N–H and O–H groups in total. The van der Waals surface area contributed by atoms with E-state index in [0.717, 1.165) is 13.1 Å². The summed E-state index contributed by atoms with van der Waals surface area (Å²) in [5.74, 6) is 1.06. The van der Waals surface area contributed by atoms with Crippen molar-refractivity contribution in [2.45, 2.75) is 32.2 Å². The molecule has 0 radical (unpaired) electrons. The number of rotatable bonds is 4. The van der Waals surface area contributed by atoms with Crippen LogP contribution in [0.15, 0.2) is 10.7 Å². The first kappa shape index (κ1) is 13.0. The van der Waals surface area contributed by atoms with Crippen LogP contribution in [0.1, 0.15) is 25.7 Å². The molecule has 0 bridgehead atoms. The molecular weight excluding hydrogens is 258 g/mol. The van der Waals surface area contributed by atoms with Crippen LogP contribution in [0.25, 0.3) is 11.6 Å². The smallest absolute Gasteiger partial charge is 0.281 e. The Hall–Kier alpha value is -1.96. The Morgan fingerprint density at radius 2 is 2.00 bits per heavy atom. The maximum Gasteiger partial charge on any atom is 0.281 e. The zero-order valence-electron chi connectivity index (χ0n) is 11.4. The average molecular weight is 277 g/mol. The molecular formula is C12H19N7O. The Morgan fingerprint density at radius 1 is 1.20 bits per heavy atom. The van der Waals surface area contributed by atoms with Crippen LogP contribution < -0.4 is 10.6 Å². The number of hydrogen-bond acceptors (Lipinski definition) is 7. The molecule has 3 heterocycles. The number of hydrogen-bond donors (Lipinski definition) is 1. The summed E-state index contributed by atoms with van der Waals surface area (Å²) in [6.07, 6.45) is 6.67. The number of aromatic nitrogens is 5. The number of anilines is 1. The minimum Gasteiger partial charge on any atom is -0.338 e. The molecule has 20 heavy (non-hydrogen) atoms. The lowest BCUT2D eigenvalue weighted by Gasteiger charge is -2.16. The molecule has 0 atom stereocenters. The average Bonchev–Trinajstić information content (AvgIpc) is 3.03. The van der Waals surface area contributed by atoms with E-state index >= 15 is 0 Å². The van der Waals surface area contributed by atoms with Crippen molar-refractivity contribution in [3.05, 3.63) is 6.20 Å². The third-order valence-electron chi connectivity index (χ3n) is 3.42. The van der Waals surface area contributed by atoms with Gasteiger partial charge in [0.25, 0.3) is 11.8 Å². The Morgan fingerprint density at radius 3 is 2.75 bits per heavy atom. The van der Waals surface area contributed by atoms with Crippen LogP contribution in [0.2, 0.25) is 0 Å². The van der Waals surface area contributed by atoms with Gasteiger partial charge in [0.2, 0.25) is 0 Å². The summed E-state index contributed by atoms with van der Waals surface area (Å²) in [4.78, 5) is 6.59. The quantitative estimate of drug-likeness (QED) is 0.876. The Balaban J connectivity index is 1.74. The SMILES string of the molecule is NCCn1cc(-c2nc(N3CCCCCC3)no2)nn1. The fourth-order valence-electron chi connectivity index (χ4n) is 2.36. The highest BCUT2D eigenvalue weighted by Gasteiger charge is 2.18. The second kappa shape index (κ2) is 6.00. The topological polar surface area (TPSA) is 98.9 Å². The van der Waals surface area contributed by atoms with Gasteiger partial charge in [0.05, 0.1) is 12.7 Å². The predicted molar refractivity (Wildman–Crippen MR) is 73.0 cm³/mol. The fourth-order valence-corrected chi connectivity index (χ4v) is 2.36.